The standard InChI is InChI=1S/C13H15ClN2O2S2/c1-15(2)12(17)19-7-3-6-16-10-8-9(14)4-5-11(10)20-13(16)18/h4-5,8H,3,6-7H2,1-2H3. The minimum atomic E-state index is 0.0196. The summed E-state index contributed by atoms with van der Waals surface area (Å²) in [6, 6.07) is 5.47. The first kappa shape index (κ1) is 15.4. The molecule has 2 rings (SSSR count). The monoisotopic (exact) mass is 330 g/mol. The highest BCUT2D eigenvalue weighted by atomic mass is 35.5. The number of rotatable bonds is 4. The van der Waals surface area contributed by atoms with Gasteiger partial charge in [-0.3, -0.25) is 14.2 Å². The van der Waals surface area contributed by atoms with Crippen molar-refractivity contribution >= 4 is 50.2 Å². The molecule has 0 unspecified atom stereocenters. The molecule has 0 atom stereocenters. The summed E-state index contributed by atoms with van der Waals surface area (Å²) < 4.78 is 2.67. The Morgan fingerprint density at radius 1 is 1.45 bits per heavy atom. The largest absolute Gasteiger partial charge is 0.340 e. The summed E-state index contributed by atoms with van der Waals surface area (Å²) >= 11 is 8.47. The minimum absolute atomic E-state index is 0.0196. The van der Waals surface area contributed by atoms with Crippen molar-refractivity contribution in [2.75, 3.05) is 19.8 Å². The Labute approximate surface area is 130 Å². The topological polar surface area (TPSA) is 42.3 Å². The fourth-order valence-corrected chi connectivity index (χ4v) is 3.53. The summed E-state index contributed by atoms with van der Waals surface area (Å²) in [5.41, 5.74) is 0.872. The molecule has 108 valence electrons. The van der Waals surface area contributed by atoms with Crippen molar-refractivity contribution in [1.29, 1.82) is 0 Å². The van der Waals surface area contributed by atoms with E-state index in [0.29, 0.717) is 17.3 Å². The summed E-state index contributed by atoms with van der Waals surface area (Å²) in [4.78, 5) is 24.9. The van der Waals surface area contributed by atoms with Gasteiger partial charge in [0.25, 0.3) is 5.24 Å². The molecule has 0 radical (unpaired) electrons. The summed E-state index contributed by atoms with van der Waals surface area (Å²) in [7, 11) is 3.46. The fraction of sp³-hybridized carbons (Fsp3) is 0.385. The van der Waals surface area contributed by atoms with Gasteiger partial charge in [0, 0.05) is 31.4 Å². The summed E-state index contributed by atoms with van der Waals surface area (Å²) in [6.45, 7) is 0.604. The van der Waals surface area contributed by atoms with E-state index in [1.807, 2.05) is 12.1 Å². The van der Waals surface area contributed by atoms with E-state index in [1.54, 1.807) is 29.6 Å². The van der Waals surface area contributed by atoms with E-state index in [0.717, 1.165) is 16.6 Å². The average molecular weight is 331 g/mol. The number of amides is 1. The summed E-state index contributed by atoms with van der Waals surface area (Å²) in [6.07, 6.45) is 0.766. The van der Waals surface area contributed by atoms with E-state index in [9.17, 15) is 9.59 Å². The molecule has 1 heterocycles. The zero-order valence-electron chi connectivity index (χ0n) is 11.3. The first-order valence-electron chi connectivity index (χ1n) is 6.12. The average Bonchev–Trinajstić information content (AvgIpc) is 2.70. The molecule has 0 saturated carbocycles. The second-order valence-electron chi connectivity index (χ2n) is 4.49. The van der Waals surface area contributed by atoms with Crippen molar-refractivity contribution in [1.82, 2.24) is 9.47 Å². The predicted molar refractivity (Wildman–Crippen MR) is 87.3 cm³/mol. The van der Waals surface area contributed by atoms with Crippen LogP contribution in [-0.4, -0.2) is 34.6 Å². The molecule has 0 aliphatic rings. The zero-order chi connectivity index (χ0) is 14.7. The van der Waals surface area contributed by atoms with Gasteiger partial charge in [-0.05, 0) is 24.6 Å². The van der Waals surface area contributed by atoms with Crippen LogP contribution in [0.2, 0.25) is 5.02 Å². The maximum Gasteiger partial charge on any atom is 0.308 e. The van der Waals surface area contributed by atoms with Crippen LogP contribution in [0.25, 0.3) is 10.2 Å². The van der Waals surface area contributed by atoms with Crippen molar-refractivity contribution in [2.45, 2.75) is 13.0 Å². The van der Waals surface area contributed by atoms with Crippen LogP contribution in [0.4, 0.5) is 4.79 Å². The van der Waals surface area contributed by atoms with Gasteiger partial charge in [0.1, 0.15) is 0 Å². The molecule has 1 amide bonds. The molecule has 0 aliphatic heterocycles. The van der Waals surface area contributed by atoms with Crippen molar-refractivity contribution in [3.63, 3.8) is 0 Å². The molecule has 0 N–H and O–H groups in total. The Bertz CT molecular complexity index is 679. The highest BCUT2D eigenvalue weighted by Crippen LogP contribution is 2.22. The number of carbonyl (C=O) groups is 1. The van der Waals surface area contributed by atoms with Crippen LogP contribution in [0, 0.1) is 0 Å². The Balaban J connectivity index is 2.03. The molecule has 0 aliphatic carbocycles. The van der Waals surface area contributed by atoms with Crippen LogP contribution in [-0.2, 0) is 6.54 Å². The molecule has 1 aromatic carbocycles. The summed E-state index contributed by atoms with van der Waals surface area (Å²) in [5, 5.41) is 0.664. The van der Waals surface area contributed by atoms with Gasteiger partial charge >= 0.3 is 4.87 Å². The van der Waals surface area contributed by atoms with Gasteiger partial charge in [-0.1, -0.05) is 34.7 Å². The highest BCUT2D eigenvalue weighted by molar-refractivity contribution is 8.13. The lowest BCUT2D eigenvalue weighted by atomic mass is 10.3. The molecule has 1 aromatic heterocycles. The molecular weight excluding hydrogens is 316 g/mol. The Morgan fingerprint density at radius 2 is 2.20 bits per heavy atom. The fourth-order valence-electron chi connectivity index (χ4n) is 1.76. The Kier molecular flexibility index (Phi) is 5.12. The van der Waals surface area contributed by atoms with Crippen molar-refractivity contribution in [3.05, 3.63) is 32.9 Å². The van der Waals surface area contributed by atoms with Crippen LogP contribution in [0.15, 0.2) is 23.0 Å². The normalized spacial score (nSPS) is 10.9. The number of thioether (sulfide) groups is 1. The van der Waals surface area contributed by atoms with Gasteiger partial charge < -0.3 is 4.90 Å². The van der Waals surface area contributed by atoms with E-state index < -0.39 is 0 Å². The Hall–Kier alpha value is -0.980. The van der Waals surface area contributed by atoms with Crippen molar-refractivity contribution < 1.29 is 4.79 Å². The van der Waals surface area contributed by atoms with E-state index >= 15 is 0 Å². The number of fused-ring (bicyclic) bond motifs is 1. The maximum absolute atomic E-state index is 11.9. The van der Waals surface area contributed by atoms with Crippen LogP contribution < -0.4 is 4.87 Å². The molecule has 20 heavy (non-hydrogen) atoms. The van der Waals surface area contributed by atoms with Gasteiger partial charge in [0.15, 0.2) is 0 Å². The SMILES string of the molecule is CN(C)C(=O)SCCCn1c(=O)sc2ccc(Cl)cc21. The third kappa shape index (κ3) is 3.56. The van der Waals surface area contributed by atoms with Crippen LogP contribution in [0.3, 0.4) is 0 Å². The van der Waals surface area contributed by atoms with E-state index in [4.69, 9.17) is 11.6 Å². The van der Waals surface area contributed by atoms with Gasteiger partial charge in [-0.25, -0.2) is 0 Å². The van der Waals surface area contributed by atoms with E-state index in [-0.39, 0.29) is 10.1 Å². The van der Waals surface area contributed by atoms with Gasteiger partial charge in [-0.2, -0.15) is 0 Å². The lowest BCUT2D eigenvalue weighted by Gasteiger charge is -2.09. The van der Waals surface area contributed by atoms with Crippen LogP contribution in [0.1, 0.15) is 6.42 Å². The van der Waals surface area contributed by atoms with Gasteiger partial charge in [-0.15, -0.1) is 0 Å². The second kappa shape index (κ2) is 6.65. The number of thiazole rings is 1. The Morgan fingerprint density at radius 3 is 2.90 bits per heavy atom. The minimum Gasteiger partial charge on any atom is -0.340 e. The van der Waals surface area contributed by atoms with Crippen molar-refractivity contribution in [3.8, 4) is 0 Å². The smallest absolute Gasteiger partial charge is 0.308 e. The first-order chi connectivity index (χ1) is 9.49. The van der Waals surface area contributed by atoms with Gasteiger partial charge in [0.05, 0.1) is 10.2 Å². The van der Waals surface area contributed by atoms with E-state index in [2.05, 4.69) is 0 Å². The van der Waals surface area contributed by atoms with Gasteiger partial charge in [0.2, 0.25) is 0 Å². The molecule has 4 nitrogen and oxygen atoms in total. The number of aryl methyl sites for hydroxylation is 1. The lowest BCUT2D eigenvalue weighted by molar-refractivity contribution is 0.241. The number of benzene rings is 1. The first-order valence-corrected chi connectivity index (χ1v) is 8.30. The quantitative estimate of drug-likeness (QED) is 0.805. The molecule has 0 fully saturated rings. The number of hydrogen-bond donors (Lipinski definition) is 0. The third-order valence-electron chi connectivity index (χ3n) is 2.75. The zero-order valence-corrected chi connectivity index (χ0v) is 13.6. The lowest BCUT2D eigenvalue weighted by Crippen LogP contribution is -2.17. The van der Waals surface area contributed by atoms with Crippen LogP contribution >= 0.6 is 34.7 Å². The summed E-state index contributed by atoms with van der Waals surface area (Å²) in [5.74, 6) is 0.696. The highest BCUT2D eigenvalue weighted by Gasteiger charge is 2.09. The molecule has 0 saturated heterocycles. The van der Waals surface area contributed by atoms with E-state index in [1.165, 1.54) is 23.1 Å². The molecule has 7 heteroatoms. The third-order valence-corrected chi connectivity index (χ3v) is 5.05. The molecular formula is C13H15ClN2O2S2. The van der Waals surface area contributed by atoms with Crippen molar-refractivity contribution in [2.24, 2.45) is 0 Å². The molecule has 0 spiro atoms. The molecule has 2 aromatic rings. The number of aromatic nitrogens is 1. The number of halogens is 1. The number of hydrogen-bond acceptors (Lipinski definition) is 4. The second-order valence-corrected chi connectivity index (χ2v) is 6.97. The van der Waals surface area contributed by atoms with Crippen LogP contribution in [0.5, 0.6) is 0 Å². The number of carbonyl (C=O) groups excluding carboxylic acids is 1. The predicted octanol–water partition coefficient (Wildman–Crippen LogP) is 3.52. The number of nitrogens with zero attached hydrogens (tertiary/aromatic N) is 2. The molecule has 0 bridgehead atoms. The maximum atomic E-state index is 11.9.